The average molecular weight is 182 g/mol. The van der Waals surface area contributed by atoms with Gasteiger partial charge in [-0.15, -0.1) is 0 Å². The molecule has 0 heterocycles. The summed E-state index contributed by atoms with van der Waals surface area (Å²) in [4.78, 5) is 0. The molecule has 0 saturated carbocycles. The summed E-state index contributed by atoms with van der Waals surface area (Å²) in [6, 6.07) is 4.44. The molecule has 0 spiro atoms. The minimum atomic E-state index is -0.871. The quantitative estimate of drug-likeness (QED) is 0.451. The predicted octanol–water partition coefficient (Wildman–Crippen LogP) is 4.22. The van der Waals surface area contributed by atoms with E-state index in [0.29, 0.717) is 0 Å². The van der Waals surface area contributed by atoms with Crippen molar-refractivity contribution in [1.29, 1.82) is 0 Å². The molecule has 1 aliphatic carbocycles. The van der Waals surface area contributed by atoms with E-state index in [1.54, 1.807) is 0 Å². The van der Waals surface area contributed by atoms with Gasteiger partial charge in [0.25, 0.3) is 0 Å². The Bertz CT molecular complexity index is 148. The second-order valence-electron chi connectivity index (χ2n) is 4.04. The maximum atomic E-state index is 2.52. The first-order chi connectivity index (χ1) is 5.79. The van der Waals surface area contributed by atoms with Gasteiger partial charge < -0.3 is 0 Å². The highest BCUT2D eigenvalue weighted by atomic mass is 28.3. The second kappa shape index (κ2) is 4.27. The SMILES string of the molecule is CC[Si](CC)(CC)C1C=CCC1. The number of hydrogen-bond donors (Lipinski definition) is 0. The number of hydrogen-bond acceptors (Lipinski definition) is 0. The fraction of sp³-hybridized carbons (Fsp3) is 0.818. The van der Waals surface area contributed by atoms with Crippen LogP contribution < -0.4 is 0 Å². The molecule has 0 radical (unpaired) electrons. The summed E-state index contributed by atoms with van der Waals surface area (Å²) in [6.45, 7) is 7.22. The van der Waals surface area contributed by atoms with Gasteiger partial charge in [0.2, 0.25) is 0 Å². The lowest BCUT2D eigenvalue weighted by Crippen LogP contribution is -2.35. The molecule has 0 bridgehead atoms. The molecule has 0 aromatic rings. The van der Waals surface area contributed by atoms with Crippen molar-refractivity contribution in [2.45, 2.75) is 57.3 Å². The van der Waals surface area contributed by atoms with E-state index >= 15 is 0 Å². The molecule has 0 aromatic heterocycles. The Hall–Kier alpha value is -0.0431. The van der Waals surface area contributed by atoms with Crippen LogP contribution in [0, 0.1) is 0 Å². The molecule has 0 fully saturated rings. The Balaban J connectivity index is 2.68. The second-order valence-corrected chi connectivity index (χ2v) is 9.62. The molecular formula is C11H22Si. The minimum absolute atomic E-state index is 0.871. The van der Waals surface area contributed by atoms with Crippen LogP contribution in [0.2, 0.25) is 23.7 Å². The van der Waals surface area contributed by atoms with E-state index in [9.17, 15) is 0 Å². The van der Waals surface area contributed by atoms with Crippen molar-refractivity contribution in [2.24, 2.45) is 0 Å². The van der Waals surface area contributed by atoms with Gasteiger partial charge in [0, 0.05) is 0 Å². The highest BCUT2D eigenvalue weighted by Crippen LogP contribution is 2.40. The highest BCUT2D eigenvalue weighted by molar-refractivity contribution is 6.81. The van der Waals surface area contributed by atoms with Crippen LogP contribution in [-0.2, 0) is 0 Å². The van der Waals surface area contributed by atoms with Crippen LogP contribution in [-0.4, -0.2) is 8.07 Å². The van der Waals surface area contributed by atoms with Crippen molar-refractivity contribution in [3.8, 4) is 0 Å². The average Bonchev–Trinajstić information content (AvgIpc) is 2.62. The van der Waals surface area contributed by atoms with E-state index in [4.69, 9.17) is 0 Å². The van der Waals surface area contributed by atoms with Crippen LogP contribution in [0.25, 0.3) is 0 Å². The molecular weight excluding hydrogens is 160 g/mol. The standard InChI is InChI=1S/C11H22Si/c1-4-12(5-2,6-3)11-9-7-8-10-11/h7,9,11H,4-6,8,10H2,1-3H3. The molecule has 0 nitrogen and oxygen atoms in total. The van der Waals surface area contributed by atoms with Crippen molar-refractivity contribution in [2.75, 3.05) is 0 Å². The molecule has 12 heavy (non-hydrogen) atoms. The van der Waals surface area contributed by atoms with E-state index in [1.807, 2.05) is 0 Å². The van der Waals surface area contributed by atoms with Crippen LogP contribution in [0.4, 0.5) is 0 Å². The lowest BCUT2D eigenvalue weighted by atomic mass is 10.4. The van der Waals surface area contributed by atoms with Crippen LogP contribution in [0.15, 0.2) is 12.2 Å². The minimum Gasteiger partial charge on any atom is -0.0885 e. The zero-order chi connectivity index (χ0) is 9.03. The summed E-state index contributed by atoms with van der Waals surface area (Å²) in [6.07, 6.45) is 7.72. The predicted molar refractivity (Wildman–Crippen MR) is 59.3 cm³/mol. The third kappa shape index (κ3) is 1.66. The summed E-state index contributed by atoms with van der Waals surface area (Å²) in [5.41, 5.74) is 1.01. The number of rotatable bonds is 4. The van der Waals surface area contributed by atoms with Gasteiger partial charge in [0.15, 0.2) is 0 Å². The molecule has 1 rings (SSSR count). The van der Waals surface area contributed by atoms with E-state index in [2.05, 4.69) is 32.9 Å². The molecule has 0 N–H and O–H groups in total. The van der Waals surface area contributed by atoms with Gasteiger partial charge in [-0.1, -0.05) is 51.1 Å². The van der Waals surface area contributed by atoms with Crippen molar-refractivity contribution >= 4 is 8.07 Å². The third-order valence-corrected chi connectivity index (χ3v) is 10.2. The first-order valence-electron chi connectivity index (χ1n) is 5.45. The molecule has 1 aliphatic rings. The highest BCUT2D eigenvalue weighted by Gasteiger charge is 2.35. The van der Waals surface area contributed by atoms with Crippen molar-refractivity contribution < 1.29 is 0 Å². The summed E-state index contributed by atoms with van der Waals surface area (Å²) >= 11 is 0. The number of allylic oxidation sites excluding steroid dienone is 2. The van der Waals surface area contributed by atoms with Crippen LogP contribution in [0.3, 0.4) is 0 Å². The Kier molecular flexibility index (Phi) is 3.57. The lowest BCUT2D eigenvalue weighted by molar-refractivity contribution is 0.864. The first kappa shape index (κ1) is 10.0. The first-order valence-corrected chi connectivity index (χ1v) is 8.15. The van der Waals surface area contributed by atoms with Crippen molar-refractivity contribution in [3.05, 3.63) is 12.2 Å². The molecule has 0 aromatic carbocycles. The lowest BCUT2D eigenvalue weighted by Gasteiger charge is -2.33. The smallest absolute Gasteiger partial charge is 0.0597 e. The summed E-state index contributed by atoms with van der Waals surface area (Å²) < 4.78 is 0. The van der Waals surface area contributed by atoms with E-state index < -0.39 is 8.07 Å². The van der Waals surface area contributed by atoms with Gasteiger partial charge in [0.05, 0.1) is 8.07 Å². The molecule has 0 amide bonds. The molecule has 0 saturated heterocycles. The van der Waals surface area contributed by atoms with Gasteiger partial charge in [0.1, 0.15) is 0 Å². The van der Waals surface area contributed by atoms with Crippen LogP contribution >= 0.6 is 0 Å². The normalized spacial score (nSPS) is 23.4. The van der Waals surface area contributed by atoms with Gasteiger partial charge in [-0.05, 0) is 18.4 Å². The van der Waals surface area contributed by atoms with E-state index in [-0.39, 0.29) is 0 Å². The van der Waals surface area contributed by atoms with Gasteiger partial charge >= 0.3 is 0 Å². The topological polar surface area (TPSA) is 0 Å². The Morgan fingerprint density at radius 3 is 2.08 bits per heavy atom. The Morgan fingerprint density at radius 1 is 1.17 bits per heavy atom. The van der Waals surface area contributed by atoms with E-state index in [0.717, 1.165) is 5.54 Å². The van der Waals surface area contributed by atoms with Crippen molar-refractivity contribution in [1.82, 2.24) is 0 Å². The Morgan fingerprint density at radius 2 is 1.75 bits per heavy atom. The van der Waals surface area contributed by atoms with Gasteiger partial charge in [-0.3, -0.25) is 0 Å². The molecule has 1 atom stereocenters. The monoisotopic (exact) mass is 182 g/mol. The summed E-state index contributed by atoms with van der Waals surface area (Å²) in [5.74, 6) is 0. The van der Waals surface area contributed by atoms with Gasteiger partial charge in [-0.2, -0.15) is 0 Å². The molecule has 70 valence electrons. The fourth-order valence-electron chi connectivity index (χ4n) is 2.68. The fourth-order valence-corrected chi connectivity index (χ4v) is 7.08. The van der Waals surface area contributed by atoms with Crippen molar-refractivity contribution in [3.63, 3.8) is 0 Å². The Labute approximate surface area is 78.1 Å². The maximum Gasteiger partial charge on any atom is 0.0597 e. The van der Waals surface area contributed by atoms with Gasteiger partial charge in [-0.25, -0.2) is 0 Å². The zero-order valence-corrected chi connectivity index (χ0v) is 9.77. The summed E-state index contributed by atoms with van der Waals surface area (Å²) in [5, 5.41) is 0. The third-order valence-electron chi connectivity index (χ3n) is 3.91. The molecule has 1 unspecified atom stereocenters. The maximum absolute atomic E-state index is 2.52. The van der Waals surface area contributed by atoms with E-state index in [1.165, 1.54) is 31.0 Å². The molecule has 1 heteroatoms. The van der Waals surface area contributed by atoms with Crippen LogP contribution in [0.1, 0.15) is 33.6 Å². The zero-order valence-electron chi connectivity index (χ0n) is 8.77. The largest absolute Gasteiger partial charge is 0.0885 e. The molecule has 0 aliphatic heterocycles. The van der Waals surface area contributed by atoms with Crippen LogP contribution in [0.5, 0.6) is 0 Å². The summed E-state index contributed by atoms with van der Waals surface area (Å²) in [7, 11) is -0.871.